The summed E-state index contributed by atoms with van der Waals surface area (Å²) in [6.07, 6.45) is 5.16. The highest BCUT2D eigenvalue weighted by atomic mass is 32.2. The molecule has 0 aliphatic carbocycles. The van der Waals surface area contributed by atoms with Crippen LogP contribution in [-0.4, -0.2) is 36.5 Å². The van der Waals surface area contributed by atoms with Crippen molar-refractivity contribution in [3.8, 4) is 17.2 Å². The third-order valence-electron chi connectivity index (χ3n) is 5.31. The lowest BCUT2D eigenvalue weighted by atomic mass is 10.2. The van der Waals surface area contributed by atoms with Gasteiger partial charge in [0.05, 0.1) is 25.4 Å². The summed E-state index contributed by atoms with van der Waals surface area (Å²) in [5.74, 6) is 1.44. The molecule has 0 amide bonds. The van der Waals surface area contributed by atoms with Gasteiger partial charge in [0.2, 0.25) is 10.0 Å². The van der Waals surface area contributed by atoms with Gasteiger partial charge in [0.25, 0.3) is 0 Å². The summed E-state index contributed by atoms with van der Waals surface area (Å²) in [5, 5.41) is 0. The zero-order valence-electron chi connectivity index (χ0n) is 18.5. The highest BCUT2D eigenvalue weighted by Crippen LogP contribution is 2.24. The number of benzene rings is 3. The van der Waals surface area contributed by atoms with Gasteiger partial charge in [-0.05, 0) is 59.7 Å². The molecule has 1 aromatic heterocycles. The van der Waals surface area contributed by atoms with Crippen LogP contribution in [0, 0.1) is 0 Å². The third-order valence-corrected chi connectivity index (χ3v) is 7.12. The minimum Gasteiger partial charge on any atom is -0.497 e. The smallest absolute Gasteiger partial charge is 0.243 e. The van der Waals surface area contributed by atoms with Gasteiger partial charge in [-0.2, -0.15) is 4.31 Å². The van der Waals surface area contributed by atoms with Crippen molar-refractivity contribution in [1.82, 2.24) is 13.9 Å². The van der Waals surface area contributed by atoms with Crippen LogP contribution in [0.15, 0.2) is 96.4 Å². The molecule has 0 radical (unpaired) electrons. The van der Waals surface area contributed by atoms with Crippen LogP contribution in [-0.2, 0) is 23.1 Å². The maximum absolute atomic E-state index is 13.6. The molecular weight excluding hydrogens is 438 g/mol. The Morgan fingerprint density at radius 2 is 1.30 bits per heavy atom. The number of ether oxygens (including phenoxy) is 2. The number of methoxy groups -OCH3 is 2. The fourth-order valence-corrected chi connectivity index (χ4v) is 4.86. The molecule has 0 atom stereocenters. The Hall–Kier alpha value is -3.62. The van der Waals surface area contributed by atoms with Crippen molar-refractivity contribution < 1.29 is 17.9 Å². The molecule has 0 aliphatic rings. The maximum atomic E-state index is 13.6. The first-order valence-electron chi connectivity index (χ1n) is 10.3. The van der Waals surface area contributed by atoms with Crippen molar-refractivity contribution in [1.29, 1.82) is 0 Å². The van der Waals surface area contributed by atoms with Crippen LogP contribution in [0.3, 0.4) is 0 Å². The van der Waals surface area contributed by atoms with E-state index in [1.807, 2.05) is 59.3 Å². The summed E-state index contributed by atoms with van der Waals surface area (Å²) in [6.45, 7) is 0.448. The molecule has 0 unspecified atom stereocenters. The molecule has 7 nitrogen and oxygen atoms in total. The Labute approximate surface area is 193 Å². The lowest BCUT2D eigenvalue weighted by molar-refractivity contribution is 0.397. The molecule has 0 saturated heterocycles. The second-order valence-corrected chi connectivity index (χ2v) is 9.37. The molecule has 0 bridgehead atoms. The first-order chi connectivity index (χ1) is 16.0. The van der Waals surface area contributed by atoms with Gasteiger partial charge in [-0.3, -0.25) is 0 Å². The van der Waals surface area contributed by atoms with Crippen molar-refractivity contribution in [2.24, 2.45) is 0 Å². The topological polar surface area (TPSA) is 73.7 Å². The number of rotatable bonds is 9. The van der Waals surface area contributed by atoms with E-state index in [1.165, 1.54) is 4.31 Å². The van der Waals surface area contributed by atoms with Crippen LogP contribution < -0.4 is 9.47 Å². The number of hydrogen-bond acceptors (Lipinski definition) is 5. The molecule has 0 N–H and O–H groups in total. The molecule has 3 aromatic carbocycles. The van der Waals surface area contributed by atoms with Crippen LogP contribution in [0.2, 0.25) is 0 Å². The minimum atomic E-state index is -3.77. The molecular formula is C25H25N3O4S. The number of imidazole rings is 1. The summed E-state index contributed by atoms with van der Waals surface area (Å²) >= 11 is 0. The molecule has 33 heavy (non-hydrogen) atoms. The number of hydrogen-bond donors (Lipinski definition) is 0. The molecule has 0 saturated carbocycles. The van der Waals surface area contributed by atoms with Crippen molar-refractivity contribution in [2.45, 2.75) is 18.0 Å². The van der Waals surface area contributed by atoms with E-state index in [9.17, 15) is 8.42 Å². The Bertz CT molecular complexity index is 1220. The van der Waals surface area contributed by atoms with E-state index in [1.54, 1.807) is 51.0 Å². The van der Waals surface area contributed by atoms with Crippen molar-refractivity contribution >= 4 is 10.0 Å². The van der Waals surface area contributed by atoms with Crippen molar-refractivity contribution in [2.75, 3.05) is 14.2 Å². The quantitative estimate of drug-likeness (QED) is 0.370. The molecule has 0 fully saturated rings. The zero-order chi connectivity index (χ0) is 23.3. The van der Waals surface area contributed by atoms with Gasteiger partial charge in [0.1, 0.15) is 11.5 Å². The Morgan fingerprint density at radius 1 is 0.788 bits per heavy atom. The van der Waals surface area contributed by atoms with E-state index < -0.39 is 10.0 Å². The lowest BCUT2D eigenvalue weighted by Crippen LogP contribution is -2.30. The van der Waals surface area contributed by atoms with Crippen LogP contribution in [0.1, 0.15) is 11.1 Å². The summed E-state index contributed by atoms with van der Waals surface area (Å²) in [4.78, 5) is 4.26. The van der Waals surface area contributed by atoms with E-state index in [-0.39, 0.29) is 18.0 Å². The summed E-state index contributed by atoms with van der Waals surface area (Å²) in [6, 6.07) is 21.6. The normalized spacial score (nSPS) is 11.5. The first kappa shape index (κ1) is 22.6. The van der Waals surface area contributed by atoms with Gasteiger partial charge >= 0.3 is 0 Å². The van der Waals surface area contributed by atoms with Crippen LogP contribution in [0.4, 0.5) is 0 Å². The average molecular weight is 464 g/mol. The van der Waals surface area contributed by atoms with E-state index in [4.69, 9.17) is 9.47 Å². The van der Waals surface area contributed by atoms with E-state index in [2.05, 4.69) is 4.98 Å². The Balaban J connectivity index is 1.64. The van der Waals surface area contributed by atoms with Gasteiger partial charge in [0.15, 0.2) is 0 Å². The molecule has 170 valence electrons. The minimum absolute atomic E-state index is 0.224. The first-order valence-corrected chi connectivity index (χ1v) is 11.8. The lowest BCUT2D eigenvalue weighted by Gasteiger charge is -2.23. The third kappa shape index (κ3) is 5.24. The van der Waals surface area contributed by atoms with Crippen LogP contribution >= 0.6 is 0 Å². The predicted octanol–water partition coefficient (Wildman–Crippen LogP) is 4.28. The van der Waals surface area contributed by atoms with Gasteiger partial charge in [-0.15, -0.1) is 0 Å². The van der Waals surface area contributed by atoms with Gasteiger partial charge < -0.3 is 14.0 Å². The van der Waals surface area contributed by atoms with E-state index in [0.29, 0.717) is 0 Å². The molecule has 1 heterocycles. The molecule has 4 rings (SSSR count). The summed E-state index contributed by atoms with van der Waals surface area (Å²) < 4.78 is 41.0. The summed E-state index contributed by atoms with van der Waals surface area (Å²) in [7, 11) is -0.568. The molecule has 4 aromatic rings. The van der Waals surface area contributed by atoms with Crippen LogP contribution in [0.5, 0.6) is 11.5 Å². The predicted molar refractivity (Wildman–Crippen MR) is 126 cm³/mol. The van der Waals surface area contributed by atoms with Gasteiger partial charge in [0, 0.05) is 31.2 Å². The molecule has 0 aliphatic heterocycles. The number of sulfonamides is 1. The highest BCUT2D eigenvalue weighted by Gasteiger charge is 2.25. The van der Waals surface area contributed by atoms with Crippen LogP contribution in [0.25, 0.3) is 5.69 Å². The Morgan fingerprint density at radius 3 is 1.73 bits per heavy atom. The van der Waals surface area contributed by atoms with Crippen molar-refractivity contribution in [3.05, 3.63) is 103 Å². The van der Waals surface area contributed by atoms with E-state index in [0.717, 1.165) is 28.3 Å². The fraction of sp³-hybridized carbons (Fsp3) is 0.160. The molecule has 8 heteroatoms. The standard InChI is InChI=1S/C25H25N3O4S/c1-31-23-9-3-20(4-10-23)17-28(18-21-5-11-24(32-2)12-6-21)33(29,30)25-13-7-22(8-14-25)27-16-15-26-19-27/h3-16,19H,17-18H2,1-2H3. The maximum Gasteiger partial charge on any atom is 0.243 e. The summed E-state index contributed by atoms with van der Waals surface area (Å²) in [5.41, 5.74) is 2.56. The number of nitrogens with zero attached hydrogens (tertiary/aromatic N) is 3. The largest absolute Gasteiger partial charge is 0.497 e. The fourth-order valence-electron chi connectivity index (χ4n) is 3.45. The molecule has 0 spiro atoms. The highest BCUT2D eigenvalue weighted by molar-refractivity contribution is 7.89. The van der Waals surface area contributed by atoms with Gasteiger partial charge in [-0.1, -0.05) is 24.3 Å². The second-order valence-electron chi connectivity index (χ2n) is 7.43. The SMILES string of the molecule is COc1ccc(CN(Cc2ccc(OC)cc2)S(=O)(=O)c2ccc(-n3ccnc3)cc2)cc1. The second kappa shape index (κ2) is 9.89. The van der Waals surface area contributed by atoms with Crippen molar-refractivity contribution in [3.63, 3.8) is 0 Å². The monoisotopic (exact) mass is 463 g/mol. The van der Waals surface area contributed by atoms with Gasteiger partial charge in [-0.25, -0.2) is 13.4 Å². The Kier molecular flexibility index (Phi) is 6.76. The number of aromatic nitrogens is 2. The van der Waals surface area contributed by atoms with E-state index >= 15 is 0 Å². The average Bonchev–Trinajstić information content (AvgIpc) is 3.40. The zero-order valence-corrected chi connectivity index (χ0v) is 19.3.